The van der Waals surface area contributed by atoms with Gasteiger partial charge in [0.25, 0.3) is 0 Å². The fourth-order valence-electron chi connectivity index (χ4n) is 2.16. The average Bonchev–Trinajstić information content (AvgIpc) is 2.50. The molecule has 1 rings (SSSR count). The molecule has 0 bridgehead atoms. The second kappa shape index (κ2) is 12.2. The quantitative estimate of drug-likeness (QED) is 0.352. The molecule has 6 heteroatoms. The van der Waals surface area contributed by atoms with E-state index in [0.29, 0.717) is 18.9 Å². The lowest BCUT2D eigenvalue weighted by Crippen LogP contribution is -2.39. The first-order valence-electron chi connectivity index (χ1n) is 7.87. The number of carbonyl (C=O) groups is 1. The van der Waals surface area contributed by atoms with Crippen molar-refractivity contribution in [3.63, 3.8) is 0 Å². The van der Waals surface area contributed by atoms with Gasteiger partial charge in [0, 0.05) is 32.6 Å². The molecule has 1 aromatic rings. The highest BCUT2D eigenvalue weighted by molar-refractivity contribution is 14.0. The fraction of sp³-hybridized carbons (Fsp3) is 0.529. The van der Waals surface area contributed by atoms with Gasteiger partial charge in [-0.2, -0.15) is 0 Å². The van der Waals surface area contributed by atoms with Crippen LogP contribution in [0.2, 0.25) is 0 Å². The minimum absolute atomic E-state index is 0. The number of carbonyl (C=O) groups excluding carboxylic acids is 1. The minimum Gasteiger partial charge on any atom is -0.356 e. The second-order valence-electron chi connectivity index (χ2n) is 5.45. The van der Waals surface area contributed by atoms with Crippen LogP contribution in [0.25, 0.3) is 0 Å². The highest BCUT2D eigenvalue weighted by Gasteiger charge is 2.05. The zero-order chi connectivity index (χ0) is 16.4. The van der Waals surface area contributed by atoms with E-state index in [0.717, 1.165) is 13.0 Å². The number of guanidine groups is 1. The van der Waals surface area contributed by atoms with Gasteiger partial charge in [-0.05, 0) is 31.4 Å². The SMILES string of the molecule is CCc1ccccc1CNC(=NC)NCCC(=O)NC(C)C.I. The lowest BCUT2D eigenvalue weighted by molar-refractivity contribution is -0.121. The first-order chi connectivity index (χ1) is 10.6. The Labute approximate surface area is 156 Å². The van der Waals surface area contributed by atoms with Crippen molar-refractivity contribution in [3.8, 4) is 0 Å². The average molecular weight is 432 g/mol. The predicted octanol–water partition coefficient (Wildman–Crippen LogP) is 2.45. The number of benzene rings is 1. The maximum Gasteiger partial charge on any atom is 0.221 e. The summed E-state index contributed by atoms with van der Waals surface area (Å²) in [5, 5.41) is 9.31. The Morgan fingerprint density at radius 1 is 1.17 bits per heavy atom. The molecule has 0 aliphatic rings. The lowest BCUT2D eigenvalue weighted by Gasteiger charge is -2.14. The van der Waals surface area contributed by atoms with Crippen LogP contribution in [0.1, 0.15) is 38.3 Å². The summed E-state index contributed by atoms with van der Waals surface area (Å²) in [6, 6.07) is 8.54. The van der Waals surface area contributed by atoms with Gasteiger partial charge >= 0.3 is 0 Å². The Balaban J connectivity index is 0.00000484. The number of nitrogens with zero attached hydrogens (tertiary/aromatic N) is 1. The number of amides is 1. The summed E-state index contributed by atoms with van der Waals surface area (Å²) in [5.74, 6) is 0.762. The van der Waals surface area contributed by atoms with Gasteiger partial charge in [-0.15, -0.1) is 24.0 Å². The van der Waals surface area contributed by atoms with Gasteiger partial charge in [0.1, 0.15) is 0 Å². The van der Waals surface area contributed by atoms with Gasteiger partial charge in [0.15, 0.2) is 5.96 Å². The minimum atomic E-state index is 0. The van der Waals surface area contributed by atoms with Crippen molar-refractivity contribution < 1.29 is 4.79 Å². The summed E-state index contributed by atoms with van der Waals surface area (Å²) in [6.45, 7) is 7.35. The van der Waals surface area contributed by atoms with Crippen LogP contribution in [-0.2, 0) is 17.8 Å². The van der Waals surface area contributed by atoms with Crippen LogP contribution < -0.4 is 16.0 Å². The molecule has 130 valence electrons. The van der Waals surface area contributed by atoms with Crippen molar-refractivity contribution in [2.75, 3.05) is 13.6 Å². The highest BCUT2D eigenvalue weighted by atomic mass is 127. The van der Waals surface area contributed by atoms with Crippen molar-refractivity contribution in [1.29, 1.82) is 0 Å². The van der Waals surface area contributed by atoms with Crippen LogP contribution in [-0.4, -0.2) is 31.5 Å². The molecule has 0 atom stereocenters. The summed E-state index contributed by atoms with van der Waals surface area (Å²) in [6.07, 6.45) is 1.45. The smallest absolute Gasteiger partial charge is 0.221 e. The first-order valence-corrected chi connectivity index (χ1v) is 7.87. The van der Waals surface area contributed by atoms with Gasteiger partial charge < -0.3 is 16.0 Å². The van der Waals surface area contributed by atoms with Crippen LogP contribution in [0.15, 0.2) is 29.3 Å². The molecule has 0 fully saturated rings. The zero-order valence-corrected chi connectivity index (χ0v) is 16.8. The van der Waals surface area contributed by atoms with Crippen LogP contribution in [0.5, 0.6) is 0 Å². The third-order valence-corrected chi connectivity index (χ3v) is 3.26. The maximum absolute atomic E-state index is 11.6. The number of nitrogens with one attached hydrogen (secondary N) is 3. The van der Waals surface area contributed by atoms with Crippen molar-refractivity contribution in [2.45, 2.75) is 46.2 Å². The molecule has 0 saturated heterocycles. The van der Waals surface area contributed by atoms with Crippen molar-refractivity contribution in [3.05, 3.63) is 35.4 Å². The molecular formula is C17H29IN4O. The number of aliphatic imine (C=N–C) groups is 1. The predicted molar refractivity (Wildman–Crippen MR) is 107 cm³/mol. The maximum atomic E-state index is 11.6. The fourth-order valence-corrected chi connectivity index (χ4v) is 2.16. The third kappa shape index (κ3) is 8.78. The van der Waals surface area contributed by atoms with E-state index in [-0.39, 0.29) is 35.9 Å². The summed E-state index contributed by atoms with van der Waals surface area (Å²) in [7, 11) is 1.73. The third-order valence-electron chi connectivity index (χ3n) is 3.26. The number of hydrogen-bond donors (Lipinski definition) is 3. The van der Waals surface area contributed by atoms with E-state index in [1.165, 1.54) is 11.1 Å². The Hall–Kier alpha value is -1.31. The molecule has 0 radical (unpaired) electrons. The van der Waals surface area contributed by atoms with E-state index >= 15 is 0 Å². The number of aryl methyl sites for hydroxylation is 1. The number of halogens is 1. The van der Waals surface area contributed by atoms with Crippen molar-refractivity contribution >= 4 is 35.8 Å². The molecule has 0 heterocycles. The van der Waals surface area contributed by atoms with Gasteiger partial charge in [-0.3, -0.25) is 9.79 Å². The molecule has 0 aliphatic heterocycles. The van der Waals surface area contributed by atoms with Crippen LogP contribution in [0.3, 0.4) is 0 Å². The van der Waals surface area contributed by atoms with E-state index in [9.17, 15) is 4.79 Å². The number of rotatable bonds is 7. The summed E-state index contributed by atoms with van der Waals surface area (Å²) in [4.78, 5) is 15.8. The monoisotopic (exact) mass is 432 g/mol. The molecule has 0 aliphatic carbocycles. The molecule has 3 N–H and O–H groups in total. The lowest BCUT2D eigenvalue weighted by atomic mass is 10.1. The van der Waals surface area contributed by atoms with Gasteiger partial charge in [-0.25, -0.2) is 0 Å². The summed E-state index contributed by atoms with van der Waals surface area (Å²) in [5.41, 5.74) is 2.60. The van der Waals surface area contributed by atoms with Gasteiger partial charge in [0.05, 0.1) is 0 Å². The largest absolute Gasteiger partial charge is 0.356 e. The normalized spacial score (nSPS) is 10.9. The van der Waals surface area contributed by atoms with E-state index in [2.05, 4.69) is 46.1 Å². The van der Waals surface area contributed by atoms with Crippen LogP contribution in [0.4, 0.5) is 0 Å². The topological polar surface area (TPSA) is 65.5 Å². The Bertz CT molecular complexity index is 503. The van der Waals surface area contributed by atoms with Crippen LogP contribution >= 0.6 is 24.0 Å². The van der Waals surface area contributed by atoms with Crippen molar-refractivity contribution in [2.24, 2.45) is 4.99 Å². The molecule has 0 unspecified atom stereocenters. The standard InChI is InChI=1S/C17H28N4O.HI/c1-5-14-8-6-7-9-15(14)12-20-17(18-4)19-11-10-16(22)21-13(2)3;/h6-9,13H,5,10-12H2,1-4H3,(H,21,22)(H2,18,19,20);1H. The summed E-state index contributed by atoms with van der Waals surface area (Å²) < 4.78 is 0. The Morgan fingerprint density at radius 2 is 1.83 bits per heavy atom. The molecular weight excluding hydrogens is 403 g/mol. The second-order valence-corrected chi connectivity index (χ2v) is 5.45. The summed E-state index contributed by atoms with van der Waals surface area (Å²) >= 11 is 0. The Kier molecular flexibility index (Phi) is 11.5. The molecule has 0 saturated carbocycles. The number of hydrogen-bond acceptors (Lipinski definition) is 2. The van der Waals surface area contributed by atoms with E-state index < -0.39 is 0 Å². The Morgan fingerprint density at radius 3 is 2.39 bits per heavy atom. The van der Waals surface area contributed by atoms with Crippen molar-refractivity contribution in [1.82, 2.24) is 16.0 Å². The molecule has 0 aromatic heterocycles. The van der Waals surface area contributed by atoms with E-state index in [4.69, 9.17) is 0 Å². The molecule has 1 amide bonds. The zero-order valence-electron chi connectivity index (χ0n) is 14.5. The highest BCUT2D eigenvalue weighted by Crippen LogP contribution is 2.08. The van der Waals surface area contributed by atoms with E-state index in [1.54, 1.807) is 7.05 Å². The molecule has 0 spiro atoms. The molecule has 5 nitrogen and oxygen atoms in total. The van der Waals surface area contributed by atoms with Crippen LogP contribution in [0, 0.1) is 0 Å². The first kappa shape index (κ1) is 21.7. The van der Waals surface area contributed by atoms with Gasteiger partial charge in [0.2, 0.25) is 5.91 Å². The molecule has 23 heavy (non-hydrogen) atoms. The van der Waals surface area contributed by atoms with E-state index in [1.807, 2.05) is 19.9 Å². The molecule has 1 aromatic carbocycles. The van der Waals surface area contributed by atoms with Gasteiger partial charge in [-0.1, -0.05) is 31.2 Å².